The third-order valence-corrected chi connectivity index (χ3v) is 10.0. The Kier molecular flexibility index (Phi) is 20.5. The molecule has 6 atom stereocenters. The molecule has 9 heteroatoms. The van der Waals surface area contributed by atoms with Crippen LogP contribution >= 0.6 is 0 Å². The first-order valence-electron chi connectivity index (χ1n) is 20.6. The molecule has 1 N–H and O–H groups in total. The van der Waals surface area contributed by atoms with Crippen molar-refractivity contribution in [3.05, 3.63) is 204 Å². The van der Waals surface area contributed by atoms with Crippen molar-refractivity contribution < 1.29 is 50.3 Å². The largest absolute Gasteiger partial charge is 2.00 e. The van der Waals surface area contributed by atoms with Crippen LogP contribution in [0, 0.1) is 5.92 Å². The zero-order valence-corrected chi connectivity index (χ0v) is 35.4. The van der Waals surface area contributed by atoms with Crippen LogP contribution in [0.2, 0.25) is 0 Å². The van der Waals surface area contributed by atoms with Crippen LogP contribution in [-0.2, 0) is 83.1 Å². The van der Waals surface area contributed by atoms with Crippen LogP contribution in [0.5, 0.6) is 0 Å². The van der Waals surface area contributed by atoms with E-state index in [2.05, 4.69) is 17.4 Å². The maximum atomic E-state index is 13.2. The van der Waals surface area contributed by atoms with Gasteiger partial charge in [-0.3, -0.25) is 4.79 Å². The van der Waals surface area contributed by atoms with Crippen LogP contribution < -0.4 is 5.32 Å². The van der Waals surface area contributed by atoms with Crippen molar-refractivity contribution in [3.8, 4) is 0 Å². The second kappa shape index (κ2) is 26.5. The van der Waals surface area contributed by atoms with Crippen molar-refractivity contribution in [1.29, 1.82) is 0 Å². The number of carbonyl (C=O) groups excluding carboxylic acids is 1. The van der Waals surface area contributed by atoms with Crippen LogP contribution in [0.4, 0.5) is 0 Å². The smallest absolute Gasteiger partial charge is 0.374 e. The van der Waals surface area contributed by atoms with Gasteiger partial charge in [-0.1, -0.05) is 128 Å². The normalized spacial score (nSPS) is 19.0. The standard InChI is InChI=1S/C46H52NO7.C5H5.Fe/c1-35(45(48)47-28-16-27-36-17-14-15-18-36)29-53-46-44(52-33-40-25-12-5-13-26-40)43(51-32-39-23-10-4-11-24-39)42(50-31-38-21-8-3-9-22-38)41(54-46)34-49-30-37-19-6-2-7-20-37;1-2-4-5-3-1;/h2-15,17-26,35,41-44,46H,16,27-34H2,1H3,(H,47,48);1-5H;/q2*-1;+2/t35-,41-,42-,43+,44+,46+;;/m1../s1. The summed E-state index contributed by atoms with van der Waals surface area (Å²) in [6.45, 7) is 4.20. The molecule has 1 aliphatic heterocycles. The summed E-state index contributed by atoms with van der Waals surface area (Å²) >= 11 is 0. The van der Waals surface area contributed by atoms with E-state index in [-0.39, 0.29) is 36.2 Å². The van der Waals surface area contributed by atoms with E-state index >= 15 is 0 Å². The fourth-order valence-corrected chi connectivity index (χ4v) is 6.78. The van der Waals surface area contributed by atoms with Gasteiger partial charge in [-0.25, -0.2) is 24.3 Å². The van der Waals surface area contributed by atoms with Gasteiger partial charge < -0.3 is 33.7 Å². The quantitative estimate of drug-likeness (QED) is 0.0440. The van der Waals surface area contributed by atoms with Gasteiger partial charge in [0, 0.05) is 6.54 Å². The topological polar surface area (TPSA) is 84.5 Å². The molecule has 1 fully saturated rings. The fourth-order valence-electron chi connectivity index (χ4n) is 6.78. The van der Waals surface area contributed by atoms with E-state index in [1.54, 1.807) is 0 Å². The number of carbonyl (C=O) groups is 1. The number of rotatable bonds is 21. The van der Waals surface area contributed by atoms with Gasteiger partial charge in [0.05, 0.1) is 45.6 Å². The number of ether oxygens (including phenoxy) is 6. The van der Waals surface area contributed by atoms with Gasteiger partial charge in [0.1, 0.15) is 24.4 Å². The van der Waals surface area contributed by atoms with Crippen LogP contribution in [0.25, 0.3) is 0 Å². The van der Waals surface area contributed by atoms with Gasteiger partial charge in [-0.15, -0.1) is 0 Å². The van der Waals surface area contributed by atoms with Crippen LogP contribution in [0.15, 0.2) is 176 Å². The molecule has 6 aromatic rings. The van der Waals surface area contributed by atoms with Gasteiger partial charge >= 0.3 is 17.1 Å². The van der Waals surface area contributed by atoms with Crippen LogP contribution in [-0.4, -0.2) is 56.4 Å². The average Bonchev–Trinajstić information content (AvgIpc) is 4.05. The van der Waals surface area contributed by atoms with E-state index < -0.39 is 36.6 Å². The summed E-state index contributed by atoms with van der Waals surface area (Å²) in [4.78, 5) is 13.2. The van der Waals surface area contributed by atoms with E-state index in [1.165, 1.54) is 5.56 Å². The van der Waals surface area contributed by atoms with Gasteiger partial charge in [0.25, 0.3) is 0 Å². The molecular weight excluding hydrogens is 794 g/mol. The molecule has 1 amide bonds. The summed E-state index contributed by atoms with van der Waals surface area (Å²) in [7, 11) is 0. The van der Waals surface area contributed by atoms with Gasteiger partial charge in [0.15, 0.2) is 6.29 Å². The van der Waals surface area contributed by atoms with Crippen molar-refractivity contribution in [2.24, 2.45) is 5.92 Å². The van der Waals surface area contributed by atoms with Crippen LogP contribution in [0.1, 0.15) is 41.2 Å². The Morgan fingerprint density at radius 1 is 0.617 bits per heavy atom. The summed E-state index contributed by atoms with van der Waals surface area (Å²) in [6, 6.07) is 58.4. The minimum Gasteiger partial charge on any atom is -0.374 e. The summed E-state index contributed by atoms with van der Waals surface area (Å²) in [5, 5.41) is 3.07. The van der Waals surface area contributed by atoms with Gasteiger partial charge in [-0.05, 0) is 35.1 Å². The third-order valence-electron chi connectivity index (χ3n) is 10.0. The molecule has 60 heavy (non-hydrogen) atoms. The molecule has 0 aliphatic carbocycles. The first-order chi connectivity index (χ1) is 29.1. The molecule has 316 valence electrons. The maximum Gasteiger partial charge on any atom is 2.00 e. The SMILES string of the molecule is C[C@H](CO[C@H]1O[C@H](COCc2ccccc2)[C@@H](OCc2ccccc2)[C@H](OCc2ccccc2)[C@@H]1OCc1ccccc1)C(=O)NCCCc1ccc[cH-]1.[Fe+2].c1cc[cH-]c1. The molecule has 7 rings (SSSR count). The molecular formula is C51H57FeNO7. The number of hydrogen-bond acceptors (Lipinski definition) is 7. The number of hydrogen-bond donors (Lipinski definition) is 1. The Balaban J connectivity index is 0.00000106. The molecule has 8 nitrogen and oxygen atoms in total. The summed E-state index contributed by atoms with van der Waals surface area (Å²) in [6.07, 6.45) is -1.54. The fraction of sp³-hybridized carbons (Fsp3) is 0.314. The molecule has 0 radical (unpaired) electrons. The summed E-state index contributed by atoms with van der Waals surface area (Å²) in [5.41, 5.74) is 5.37. The summed E-state index contributed by atoms with van der Waals surface area (Å²) in [5.74, 6) is -0.496. The Bertz CT molecular complexity index is 1930. The first kappa shape index (κ1) is 46.4. The van der Waals surface area contributed by atoms with E-state index in [4.69, 9.17) is 28.4 Å². The number of amides is 1. The van der Waals surface area contributed by atoms with Gasteiger partial charge in [-0.2, -0.15) is 35.9 Å². The maximum absolute atomic E-state index is 13.2. The Labute approximate surface area is 366 Å². The van der Waals surface area contributed by atoms with E-state index in [0.29, 0.717) is 33.0 Å². The van der Waals surface area contributed by atoms with Crippen molar-refractivity contribution in [3.63, 3.8) is 0 Å². The van der Waals surface area contributed by atoms with Crippen molar-refractivity contribution >= 4 is 5.91 Å². The van der Waals surface area contributed by atoms with Crippen molar-refractivity contribution in [2.75, 3.05) is 19.8 Å². The molecule has 1 saturated heterocycles. The molecule has 0 spiro atoms. The minimum atomic E-state index is -0.871. The zero-order valence-electron chi connectivity index (χ0n) is 34.3. The molecule has 0 bridgehead atoms. The number of benzene rings is 4. The second-order valence-electron chi connectivity index (χ2n) is 14.7. The second-order valence-corrected chi connectivity index (χ2v) is 14.7. The third kappa shape index (κ3) is 15.7. The predicted octanol–water partition coefficient (Wildman–Crippen LogP) is 9.21. The average molecular weight is 852 g/mol. The minimum absolute atomic E-state index is 0. The Morgan fingerprint density at radius 3 is 1.63 bits per heavy atom. The molecule has 1 aliphatic rings. The Morgan fingerprint density at radius 2 is 1.13 bits per heavy atom. The molecule has 0 aromatic heterocycles. The monoisotopic (exact) mass is 851 g/mol. The predicted molar refractivity (Wildman–Crippen MR) is 230 cm³/mol. The molecule has 6 aromatic carbocycles. The van der Waals surface area contributed by atoms with Gasteiger partial charge in [0.2, 0.25) is 5.91 Å². The van der Waals surface area contributed by atoms with E-state index in [9.17, 15) is 4.79 Å². The van der Waals surface area contributed by atoms with Crippen molar-refractivity contribution in [2.45, 2.75) is 76.9 Å². The van der Waals surface area contributed by atoms with E-state index in [1.807, 2.05) is 171 Å². The molecule has 0 saturated carbocycles. The van der Waals surface area contributed by atoms with Crippen LogP contribution in [0.3, 0.4) is 0 Å². The van der Waals surface area contributed by atoms with E-state index in [0.717, 1.165) is 35.1 Å². The molecule has 0 unspecified atom stereocenters. The van der Waals surface area contributed by atoms with Crippen molar-refractivity contribution in [1.82, 2.24) is 5.32 Å². The molecule has 1 heterocycles. The number of aryl methyl sites for hydroxylation is 1. The number of nitrogens with one attached hydrogen (secondary N) is 1. The first-order valence-corrected chi connectivity index (χ1v) is 20.6. The summed E-state index contributed by atoms with van der Waals surface area (Å²) < 4.78 is 39.8. The Hall–Kier alpha value is -4.67. The zero-order chi connectivity index (χ0) is 40.7.